The Balaban J connectivity index is 1.77. The molecule has 2 aliphatic rings. The molecule has 39 heavy (non-hydrogen) atoms. The maximum absolute atomic E-state index is 13.8. The zero-order chi connectivity index (χ0) is 28.4. The van der Waals surface area contributed by atoms with Gasteiger partial charge in [-0.2, -0.15) is 4.73 Å². The predicted octanol–water partition coefficient (Wildman–Crippen LogP) is 1.61. The molecule has 1 aliphatic heterocycles. The molecule has 2 heterocycles. The maximum Gasteiger partial charge on any atom is 0.336 e. The number of carbonyl (C=O) groups excluding carboxylic acids is 3. The molecule has 0 saturated carbocycles. The number of halogens is 1. The lowest BCUT2D eigenvalue weighted by Gasteiger charge is -2.18. The monoisotopic (exact) mass is 542 g/mol. The Labute approximate surface area is 224 Å². The molecule has 4 N–H and O–H groups in total. The number of nitrogens with zero attached hydrogens (tertiary/aromatic N) is 2. The first-order valence-electron chi connectivity index (χ1n) is 12.8. The number of anilines is 1. The third-order valence-corrected chi connectivity index (χ3v) is 7.07. The summed E-state index contributed by atoms with van der Waals surface area (Å²) in [4.78, 5) is 57.6. The van der Waals surface area contributed by atoms with Gasteiger partial charge in [-0.1, -0.05) is 13.8 Å². The molecule has 4 rings (SSSR count). The van der Waals surface area contributed by atoms with E-state index in [-0.39, 0.29) is 17.2 Å². The van der Waals surface area contributed by atoms with Gasteiger partial charge in [-0.25, -0.2) is 14.0 Å². The van der Waals surface area contributed by atoms with Gasteiger partial charge in [-0.15, -0.1) is 0 Å². The number of aliphatic hydroxyl groups excluding tert-OH is 1. The Bertz CT molecular complexity index is 1380. The maximum atomic E-state index is 13.8. The highest BCUT2D eigenvalue weighted by molar-refractivity contribution is 6.37. The SMILES string of the molecule is CCN(CC)CCNC(=O)c1c2c(n(OC(=O)C[C@H](O)C(=O)O)c1C)/C(=C1\C(=O)Nc3cc(F)ccc31)CC2. The Morgan fingerprint density at radius 2 is 1.95 bits per heavy atom. The summed E-state index contributed by atoms with van der Waals surface area (Å²) < 4.78 is 14.9. The van der Waals surface area contributed by atoms with Crippen LogP contribution in [0.15, 0.2) is 18.2 Å². The summed E-state index contributed by atoms with van der Waals surface area (Å²) in [6.07, 6.45) is -2.06. The zero-order valence-corrected chi connectivity index (χ0v) is 22.0. The van der Waals surface area contributed by atoms with Gasteiger partial charge >= 0.3 is 11.9 Å². The minimum atomic E-state index is -1.97. The summed E-state index contributed by atoms with van der Waals surface area (Å²) in [6, 6.07) is 3.93. The van der Waals surface area contributed by atoms with Gasteiger partial charge in [0.2, 0.25) is 0 Å². The van der Waals surface area contributed by atoms with E-state index in [9.17, 15) is 28.7 Å². The molecule has 1 atom stereocenters. The van der Waals surface area contributed by atoms with Crippen molar-refractivity contribution in [3.63, 3.8) is 0 Å². The number of rotatable bonds is 10. The Morgan fingerprint density at radius 3 is 2.62 bits per heavy atom. The van der Waals surface area contributed by atoms with Gasteiger partial charge in [-0.3, -0.25) is 9.59 Å². The quantitative estimate of drug-likeness (QED) is 0.331. The largest absolute Gasteiger partial charge is 0.479 e. The molecule has 11 nitrogen and oxygen atoms in total. The molecule has 2 aromatic rings. The molecular weight excluding hydrogens is 511 g/mol. The molecule has 208 valence electrons. The van der Waals surface area contributed by atoms with Crippen LogP contribution in [0.2, 0.25) is 0 Å². The number of fused-ring (bicyclic) bond motifs is 2. The Hall–Kier alpha value is -4.03. The van der Waals surface area contributed by atoms with Crippen LogP contribution in [0.25, 0.3) is 11.1 Å². The summed E-state index contributed by atoms with van der Waals surface area (Å²) in [7, 11) is 0. The number of hydrogen-bond acceptors (Lipinski definition) is 7. The summed E-state index contributed by atoms with van der Waals surface area (Å²) in [5.41, 5.74) is 3.06. The van der Waals surface area contributed by atoms with Crippen LogP contribution in [-0.2, 0) is 20.8 Å². The van der Waals surface area contributed by atoms with E-state index in [4.69, 9.17) is 9.94 Å². The number of nitrogens with one attached hydrogen (secondary N) is 2. The number of likely N-dealkylation sites (N-methyl/N-ethyl adjacent to an activating group) is 1. The molecule has 1 aliphatic carbocycles. The van der Waals surface area contributed by atoms with Crippen LogP contribution in [-0.4, -0.2) is 75.9 Å². The molecule has 0 fully saturated rings. The third kappa shape index (κ3) is 5.43. The van der Waals surface area contributed by atoms with Crippen molar-refractivity contribution in [2.75, 3.05) is 31.5 Å². The van der Waals surface area contributed by atoms with E-state index in [0.717, 1.165) is 17.8 Å². The normalized spacial score (nSPS) is 16.6. The Kier molecular flexibility index (Phi) is 8.17. The summed E-state index contributed by atoms with van der Waals surface area (Å²) in [6.45, 7) is 8.33. The van der Waals surface area contributed by atoms with E-state index in [1.165, 1.54) is 18.2 Å². The first kappa shape index (κ1) is 28.0. The first-order valence-corrected chi connectivity index (χ1v) is 12.8. The summed E-state index contributed by atoms with van der Waals surface area (Å²) in [5, 5.41) is 24.2. The highest BCUT2D eigenvalue weighted by atomic mass is 19.1. The van der Waals surface area contributed by atoms with Gasteiger partial charge in [0.05, 0.1) is 34.6 Å². The first-order chi connectivity index (χ1) is 18.6. The molecule has 0 spiro atoms. The fraction of sp³-hybridized carbons (Fsp3) is 0.407. The van der Waals surface area contributed by atoms with E-state index in [1.54, 1.807) is 6.92 Å². The smallest absolute Gasteiger partial charge is 0.336 e. The number of aromatic nitrogens is 1. The third-order valence-electron chi connectivity index (χ3n) is 7.07. The van der Waals surface area contributed by atoms with Crippen molar-refractivity contribution in [3.8, 4) is 0 Å². The standard InChI is InChI=1S/C27H31FN4O7/c1-4-31(5-2)11-10-29-25(35)22-14(3)32(39-21(34)13-20(33)27(37)38)24-17(22)8-9-18(24)23-16-7-6-15(28)12-19(16)30-26(23)36/h6-7,12,20,33H,4-5,8-11,13H2,1-3H3,(H,29,35)(H,30,36)(H,37,38)/b23-18-/t20-/m0/s1. The molecule has 0 unspecified atom stereocenters. The Morgan fingerprint density at radius 1 is 1.23 bits per heavy atom. The van der Waals surface area contributed by atoms with Crippen molar-refractivity contribution < 1.29 is 38.6 Å². The molecule has 0 radical (unpaired) electrons. The number of carboxylic acid groups (broad SMARTS) is 1. The number of carboxylic acids is 1. The summed E-state index contributed by atoms with van der Waals surface area (Å²) in [5.74, 6) is -3.96. The van der Waals surface area contributed by atoms with Crippen LogP contribution < -0.4 is 15.5 Å². The number of aliphatic hydroxyl groups is 1. The number of amides is 2. The average molecular weight is 543 g/mol. The lowest BCUT2D eigenvalue weighted by molar-refractivity contribution is -0.156. The molecule has 2 amide bonds. The zero-order valence-electron chi connectivity index (χ0n) is 22.0. The van der Waals surface area contributed by atoms with Crippen LogP contribution in [0.3, 0.4) is 0 Å². The van der Waals surface area contributed by atoms with Gasteiger partial charge in [0.15, 0.2) is 6.10 Å². The fourth-order valence-electron chi connectivity index (χ4n) is 5.09. The van der Waals surface area contributed by atoms with Crippen LogP contribution >= 0.6 is 0 Å². The van der Waals surface area contributed by atoms with E-state index in [2.05, 4.69) is 15.5 Å². The molecule has 12 heteroatoms. The second kappa shape index (κ2) is 11.4. The van der Waals surface area contributed by atoms with E-state index in [1.807, 2.05) is 13.8 Å². The average Bonchev–Trinajstić information content (AvgIpc) is 3.52. The van der Waals surface area contributed by atoms with Crippen molar-refractivity contribution in [2.24, 2.45) is 0 Å². The number of carbonyl (C=O) groups is 4. The van der Waals surface area contributed by atoms with Crippen LogP contribution in [0.4, 0.5) is 10.1 Å². The fourth-order valence-corrected chi connectivity index (χ4v) is 5.09. The van der Waals surface area contributed by atoms with Gasteiger partial charge < -0.3 is 30.6 Å². The lowest BCUT2D eigenvalue weighted by atomic mass is 9.99. The molecular formula is C27H31FN4O7. The highest BCUT2D eigenvalue weighted by Crippen LogP contribution is 2.45. The van der Waals surface area contributed by atoms with Crippen LogP contribution in [0.1, 0.15) is 59.6 Å². The van der Waals surface area contributed by atoms with Crippen molar-refractivity contribution in [2.45, 2.75) is 46.1 Å². The van der Waals surface area contributed by atoms with Gasteiger partial charge in [-0.05, 0) is 62.2 Å². The molecule has 0 saturated heterocycles. The van der Waals surface area contributed by atoms with Gasteiger partial charge in [0, 0.05) is 18.7 Å². The van der Waals surface area contributed by atoms with Crippen molar-refractivity contribution in [1.29, 1.82) is 0 Å². The molecule has 1 aromatic carbocycles. The summed E-state index contributed by atoms with van der Waals surface area (Å²) >= 11 is 0. The van der Waals surface area contributed by atoms with E-state index < -0.39 is 36.2 Å². The lowest BCUT2D eigenvalue weighted by Crippen LogP contribution is -2.35. The second-order valence-corrected chi connectivity index (χ2v) is 9.38. The van der Waals surface area contributed by atoms with Gasteiger partial charge in [0.25, 0.3) is 11.8 Å². The minimum absolute atomic E-state index is 0.276. The molecule has 0 bridgehead atoms. The van der Waals surface area contributed by atoms with Gasteiger partial charge in [0.1, 0.15) is 5.82 Å². The van der Waals surface area contributed by atoms with Crippen molar-refractivity contribution >= 4 is 40.6 Å². The number of hydrogen-bond donors (Lipinski definition) is 4. The number of allylic oxidation sites excluding steroid dienone is 1. The minimum Gasteiger partial charge on any atom is -0.479 e. The number of benzene rings is 1. The van der Waals surface area contributed by atoms with E-state index in [0.29, 0.717) is 59.6 Å². The van der Waals surface area contributed by atoms with Crippen molar-refractivity contribution in [3.05, 3.63) is 52.1 Å². The topological polar surface area (TPSA) is 150 Å². The second-order valence-electron chi connectivity index (χ2n) is 9.38. The molecule has 1 aromatic heterocycles. The van der Waals surface area contributed by atoms with E-state index >= 15 is 0 Å². The predicted molar refractivity (Wildman–Crippen MR) is 139 cm³/mol. The van der Waals surface area contributed by atoms with Crippen molar-refractivity contribution in [1.82, 2.24) is 14.9 Å². The highest BCUT2D eigenvalue weighted by Gasteiger charge is 2.38. The van der Waals surface area contributed by atoms with Crippen LogP contribution in [0.5, 0.6) is 0 Å². The number of aliphatic carboxylic acids is 1. The van der Waals surface area contributed by atoms with Crippen LogP contribution in [0, 0.1) is 12.7 Å².